The molecule has 0 radical (unpaired) electrons. The van der Waals surface area contributed by atoms with E-state index in [4.69, 9.17) is 11.6 Å². The van der Waals surface area contributed by atoms with Crippen molar-refractivity contribution < 1.29 is 4.79 Å². The molecule has 1 aromatic carbocycles. The van der Waals surface area contributed by atoms with Gasteiger partial charge < -0.3 is 0 Å². The van der Waals surface area contributed by atoms with Gasteiger partial charge in [0.05, 0.1) is 16.4 Å². The fourth-order valence-corrected chi connectivity index (χ4v) is 2.73. The maximum atomic E-state index is 12.2. The minimum atomic E-state index is 0.206. The molecule has 0 spiro atoms. The summed E-state index contributed by atoms with van der Waals surface area (Å²) in [7, 11) is 0. The topological polar surface area (TPSA) is 34.9 Å². The number of carbonyl (C=O) groups is 1. The number of nitrogens with zero attached hydrogens (tertiary/aromatic N) is 2. The first kappa shape index (κ1) is 15.8. The monoisotopic (exact) mass is 304 g/mol. The molecule has 2 aromatic rings. The van der Waals surface area contributed by atoms with E-state index in [9.17, 15) is 4.79 Å². The van der Waals surface area contributed by atoms with Gasteiger partial charge in [-0.25, -0.2) is 0 Å². The van der Waals surface area contributed by atoms with Gasteiger partial charge in [-0.2, -0.15) is 5.10 Å². The Hall–Kier alpha value is -1.61. The molecule has 0 saturated carbocycles. The fraction of sp³-hybridized carbons (Fsp3) is 0.412. The summed E-state index contributed by atoms with van der Waals surface area (Å²) in [4.78, 5) is 12.2. The van der Waals surface area contributed by atoms with Gasteiger partial charge in [0.1, 0.15) is 5.78 Å². The lowest BCUT2D eigenvalue weighted by molar-refractivity contribution is -0.118. The smallest absolute Gasteiger partial charge is 0.139 e. The van der Waals surface area contributed by atoms with Gasteiger partial charge in [-0.05, 0) is 25.3 Å². The van der Waals surface area contributed by atoms with Crippen molar-refractivity contribution in [2.45, 2.75) is 46.1 Å². The predicted octanol–water partition coefficient (Wildman–Crippen LogP) is 3.86. The molecule has 0 aliphatic rings. The van der Waals surface area contributed by atoms with E-state index in [0.29, 0.717) is 17.9 Å². The minimum absolute atomic E-state index is 0.206. The van der Waals surface area contributed by atoms with Gasteiger partial charge in [-0.3, -0.25) is 9.48 Å². The Labute approximate surface area is 130 Å². The number of halogens is 1. The van der Waals surface area contributed by atoms with Crippen molar-refractivity contribution in [1.82, 2.24) is 9.78 Å². The standard InChI is InChI=1S/C17H21ClN2O/c1-3-15-17(18)16(20(4-2)19-15)12-14(21)11-10-13-8-6-5-7-9-13/h5-9H,3-4,10-12H2,1-2H3. The van der Waals surface area contributed by atoms with Crippen LogP contribution < -0.4 is 0 Å². The van der Waals surface area contributed by atoms with E-state index in [1.807, 2.05) is 48.9 Å². The molecule has 4 heteroatoms. The zero-order chi connectivity index (χ0) is 15.2. The highest BCUT2D eigenvalue weighted by Gasteiger charge is 2.17. The molecular weight excluding hydrogens is 284 g/mol. The lowest BCUT2D eigenvalue weighted by Crippen LogP contribution is -2.10. The number of Topliss-reactive ketones (excluding diaryl/α,β-unsaturated/α-hetero) is 1. The zero-order valence-electron chi connectivity index (χ0n) is 12.6. The average Bonchev–Trinajstić information content (AvgIpc) is 2.82. The number of aromatic nitrogens is 2. The summed E-state index contributed by atoms with van der Waals surface area (Å²) in [6.07, 6.45) is 2.47. The quantitative estimate of drug-likeness (QED) is 0.778. The summed E-state index contributed by atoms with van der Waals surface area (Å²) >= 11 is 6.33. The SMILES string of the molecule is CCc1nn(CC)c(CC(=O)CCc2ccccc2)c1Cl. The Morgan fingerprint density at radius 2 is 1.95 bits per heavy atom. The summed E-state index contributed by atoms with van der Waals surface area (Å²) in [6, 6.07) is 10.1. The summed E-state index contributed by atoms with van der Waals surface area (Å²) in [6.45, 7) is 4.77. The van der Waals surface area contributed by atoms with Crippen LogP contribution in [0.25, 0.3) is 0 Å². The van der Waals surface area contributed by atoms with Crippen molar-refractivity contribution in [2.24, 2.45) is 0 Å². The Kier molecular flexibility index (Phi) is 5.57. The summed E-state index contributed by atoms with van der Waals surface area (Å²) in [5.74, 6) is 0.206. The second-order valence-electron chi connectivity index (χ2n) is 5.08. The van der Waals surface area contributed by atoms with Gasteiger partial charge in [-0.1, -0.05) is 48.9 Å². The molecule has 3 nitrogen and oxygen atoms in total. The molecule has 0 atom stereocenters. The molecule has 0 unspecified atom stereocenters. The van der Waals surface area contributed by atoms with E-state index >= 15 is 0 Å². The van der Waals surface area contributed by atoms with E-state index in [0.717, 1.165) is 30.8 Å². The van der Waals surface area contributed by atoms with E-state index in [1.54, 1.807) is 0 Å². The number of aryl methyl sites for hydroxylation is 3. The zero-order valence-corrected chi connectivity index (χ0v) is 13.4. The number of benzene rings is 1. The minimum Gasteiger partial charge on any atom is -0.299 e. The van der Waals surface area contributed by atoms with Crippen LogP contribution in [-0.4, -0.2) is 15.6 Å². The lowest BCUT2D eigenvalue weighted by atomic mass is 10.0. The van der Waals surface area contributed by atoms with Gasteiger partial charge in [0.2, 0.25) is 0 Å². The summed E-state index contributed by atoms with van der Waals surface area (Å²) < 4.78 is 1.85. The van der Waals surface area contributed by atoms with Crippen molar-refractivity contribution >= 4 is 17.4 Å². The number of hydrogen-bond acceptors (Lipinski definition) is 2. The third-order valence-corrected chi connectivity index (χ3v) is 4.03. The van der Waals surface area contributed by atoms with Crippen LogP contribution in [0.3, 0.4) is 0 Å². The predicted molar refractivity (Wildman–Crippen MR) is 85.8 cm³/mol. The molecule has 0 aliphatic carbocycles. The number of rotatable bonds is 7. The van der Waals surface area contributed by atoms with Crippen LogP contribution >= 0.6 is 11.6 Å². The van der Waals surface area contributed by atoms with Crippen LogP contribution in [0.1, 0.15) is 37.2 Å². The van der Waals surface area contributed by atoms with Crippen LogP contribution in [0.15, 0.2) is 30.3 Å². The molecule has 112 valence electrons. The van der Waals surface area contributed by atoms with Gasteiger partial charge in [0, 0.05) is 19.4 Å². The molecule has 0 amide bonds. The molecule has 21 heavy (non-hydrogen) atoms. The second kappa shape index (κ2) is 7.41. The van der Waals surface area contributed by atoms with Gasteiger partial charge in [0.15, 0.2) is 0 Å². The molecule has 0 saturated heterocycles. The molecule has 0 bridgehead atoms. The van der Waals surface area contributed by atoms with Gasteiger partial charge in [-0.15, -0.1) is 0 Å². The second-order valence-corrected chi connectivity index (χ2v) is 5.46. The van der Waals surface area contributed by atoms with Crippen molar-refractivity contribution in [3.05, 3.63) is 52.3 Å². The lowest BCUT2D eigenvalue weighted by Gasteiger charge is -2.05. The van der Waals surface area contributed by atoms with E-state index in [2.05, 4.69) is 5.10 Å². The number of hydrogen-bond donors (Lipinski definition) is 0. The number of ketones is 1. The van der Waals surface area contributed by atoms with E-state index < -0.39 is 0 Å². The van der Waals surface area contributed by atoms with Crippen molar-refractivity contribution in [1.29, 1.82) is 0 Å². The fourth-order valence-electron chi connectivity index (χ4n) is 2.39. The van der Waals surface area contributed by atoms with Crippen molar-refractivity contribution in [2.75, 3.05) is 0 Å². The van der Waals surface area contributed by atoms with Crippen LogP contribution in [0.4, 0.5) is 0 Å². The maximum absolute atomic E-state index is 12.2. The van der Waals surface area contributed by atoms with Crippen LogP contribution in [0, 0.1) is 0 Å². The van der Waals surface area contributed by atoms with Gasteiger partial charge >= 0.3 is 0 Å². The number of carbonyl (C=O) groups excluding carboxylic acids is 1. The van der Waals surface area contributed by atoms with Crippen LogP contribution in [0.5, 0.6) is 0 Å². The van der Waals surface area contributed by atoms with Crippen LogP contribution in [0.2, 0.25) is 5.02 Å². The van der Waals surface area contributed by atoms with E-state index in [1.165, 1.54) is 5.56 Å². The largest absolute Gasteiger partial charge is 0.299 e. The highest BCUT2D eigenvalue weighted by atomic mass is 35.5. The van der Waals surface area contributed by atoms with Crippen molar-refractivity contribution in [3.8, 4) is 0 Å². The normalized spacial score (nSPS) is 10.8. The van der Waals surface area contributed by atoms with Crippen LogP contribution in [-0.2, 0) is 30.6 Å². The molecule has 1 aromatic heterocycles. The molecular formula is C17H21ClN2O. The highest BCUT2D eigenvalue weighted by Crippen LogP contribution is 2.22. The molecule has 0 fully saturated rings. The first-order valence-electron chi connectivity index (χ1n) is 7.45. The highest BCUT2D eigenvalue weighted by molar-refractivity contribution is 6.32. The average molecular weight is 305 g/mol. The van der Waals surface area contributed by atoms with Crippen molar-refractivity contribution in [3.63, 3.8) is 0 Å². The third kappa shape index (κ3) is 3.94. The first-order chi connectivity index (χ1) is 10.2. The third-order valence-electron chi connectivity index (χ3n) is 3.59. The van der Waals surface area contributed by atoms with E-state index in [-0.39, 0.29) is 5.78 Å². The molecule has 0 N–H and O–H groups in total. The summed E-state index contributed by atoms with van der Waals surface area (Å²) in [5.41, 5.74) is 2.92. The molecule has 1 heterocycles. The first-order valence-corrected chi connectivity index (χ1v) is 7.83. The Morgan fingerprint density at radius 1 is 1.24 bits per heavy atom. The summed E-state index contributed by atoms with van der Waals surface area (Å²) in [5, 5.41) is 5.11. The Morgan fingerprint density at radius 3 is 2.57 bits per heavy atom. The molecule has 0 aliphatic heterocycles. The Bertz CT molecular complexity index is 605. The van der Waals surface area contributed by atoms with Gasteiger partial charge in [0.25, 0.3) is 0 Å². The molecule has 2 rings (SSSR count). The maximum Gasteiger partial charge on any atom is 0.139 e. The Balaban J connectivity index is 2.01.